The molecule has 1 rings (SSSR count). The molecule has 0 N–H and O–H groups in total. The van der Waals surface area contributed by atoms with Crippen molar-refractivity contribution in [3.05, 3.63) is 34.9 Å². The summed E-state index contributed by atoms with van der Waals surface area (Å²) in [6.45, 7) is 4.81. The van der Waals surface area contributed by atoms with E-state index in [0.29, 0.717) is 12.5 Å². The van der Waals surface area contributed by atoms with Gasteiger partial charge in [0.25, 0.3) is 0 Å². The average molecular weight is 304 g/mol. The van der Waals surface area contributed by atoms with Crippen LogP contribution in [0.15, 0.2) is 24.3 Å². The molecule has 0 spiro atoms. The highest BCUT2D eigenvalue weighted by molar-refractivity contribution is 7.90. The summed E-state index contributed by atoms with van der Waals surface area (Å²) in [5.74, 6) is 0.517. The lowest BCUT2D eigenvalue weighted by Crippen LogP contribution is -2.36. The van der Waals surface area contributed by atoms with Crippen molar-refractivity contribution in [3.63, 3.8) is 0 Å². The Morgan fingerprint density at radius 2 is 1.74 bits per heavy atom. The third-order valence-electron chi connectivity index (χ3n) is 3.63. The lowest BCUT2D eigenvalue weighted by Gasteiger charge is -2.30. The van der Waals surface area contributed by atoms with Crippen molar-refractivity contribution < 1.29 is 8.42 Å². The van der Waals surface area contributed by atoms with E-state index in [0.717, 1.165) is 5.02 Å². The van der Waals surface area contributed by atoms with Crippen molar-refractivity contribution in [1.82, 2.24) is 4.90 Å². The van der Waals surface area contributed by atoms with Gasteiger partial charge in [0.05, 0.1) is 5.75 Å². The molecular weight excluding hydrogens is 282 g/mol. The van der Waals surface area contributed by atoms with Gasteiger partial charge in [-0.2, -0.15) is 0 Å². The fourth-order valence-electron chi connectivity index (χ4n) is 1.94. The second kappa shape index (κ2) is 6.73. The van der Waals surface area contributed by atoms with Crippen LogP contribution in [0.4, 0.5) is 0 Å². The zero-order chi connectivity index (χ0) is 14.6. The van der Waals surface area contributed by atoms with Crippen molar-refractivity contribution in [2.75, 3.05) is 25.6 Å². The van der Waals surface area contributed by atoms with Crippen LogP contribution in [0.25, 0.3) is 0 Å². The monoisotopic (exact) mass is 303 g/mol. The molecule has 2 atom stereocenters. The number of sulfone groups is 1. The normalized spacial score (nSPS) is 15.5. The molecule has 0 aliphatic heterocycles. The molecule has 0 saturated heterocycles. The Bertz CT molecular complexity index is 499. The zero-order valence-corrected chi connectivity index (χ0v) is 13.5. The average Bonchev–Trinajstić information content (AvgIpc) is 2.34. The van der Waals surface area contributed by atoms with Crippen molar-refractivity contribution in [2.45, 2.75) is 25.8 Å². The maximum absolute atomic E-state index is 11.2. The van der Waals surface area contributed by atoms with Gasteiger partial charge in [0, 0.05) is 23.9 Å². The molecule has 1 aromatic rings. The van der Waals surface area contributed by atoms with Gasteiger partial charge in [-0.25, -0.2) is 8.42 Å². The zero-order valence-electron chi connectivity index (χ0n) is 11.9. The van der Waals surface area contributed by atoms with Crippen molar-refractivity contribution in [1.29, 1.82) is 0 Å². The lowest BCUT2D eigenvalue weighted by molar-refractivity contribution is 0.244. The smallest absolute Gasteiger partial charge is 0.148 e. The minimum atomic E-state index is -2.91. The van der Waals surface area contributed by atoms with Gasteiger partial charge in [0.15, 0.2) is 0 Å². The minimum Gasteiger partial charge on any atom is -0.302 e. The van der Waals surface area contributed by atoms with Crippen LogP contribution in [0.1, 0.15) is 25.3 Å². The molecule has 1 aromatic carbocycles. The van der Waals surface area contributed by atoms with E-state index in [1.54, 1.807) is 0 Å². The third-order valence-corrected chi connectivity index (χ3v) is 4.81. The molecule has 0 aliphatic rings. The Morgan fingerprint density at radius 1 is 1.21 bits per heavy atom. The van der Waals surface area contributed by atoms with Crippen molar-refractivity contribution >= 4 is 21.4 Å². The predicted molar refractivity (Wildman–Crippen MR) is 81.7 cm³/mol. The Balaban J connectivity index is 2.65. The molecule has 0 amide bonds. The van der Waals surface area contributed by atoms with Gasteiger partial charge in [-0.1, -0.05) is 30.7 Å². The Hall–Kier alpha value is -0.580. The van der Waals surface area contributed by atoms with E-state index < -0.39 is 9.84 Å². The van der Waals surface area contributed by atoms with Gasteiger partial charge in [-0.15, -0.1) is 0 Å². The first-order valence-corrected chi connectivity index (χ1v) is 8.78. The SMILES string of the molecule is CC(c1ccc(Cl)cc1)C(C)N(C)CCS(C)(=O)=O. The first-order chi connectivity index (χ1) is 8.70. The molecule has 2 unspecified atom stereocenters. The van der Waals surface area contributed by atoms with Crippen LogP contribution in [-0.2, 0) is 9.84 Å². The van der Waals surface area contributed by atoms with Crippen LogP contribution in [0, 0.1) is 0 Å². The number of likely N-dealkylation sites (N-methyl/N-ethyl adjacent to an activating group) is 1. The van der Waals surface area contributed by atoms with E-state index in [4.69, 9.17) is 11.6 Å². The number of hydrogen-bond acceptors (Lipinski definition) is 3. The van der Waals surface area contributed by atoms with Gasteiger partial charge in [-0.05, 0) is 37.6 Å². The minimum absolute atomic E-state index is 0.196. The fraction of sp³-hybridized carbons (Fsp3) is 0.571. The standard InChI is InChI=1S/C14H22ClNO2S/c1-11(13-5-7-14(15)8-6-13)12(2)16(3)9-10-19(4,17)18/h5-8,11-12H,9-10H2,1-4H3. The molecule has 0 radical (unpaired) electrons. The second-order valence-electron chi connectivity index (χ2n) is 5.19. The van der Waals surface area contributed by atoms with Crippen LogP contribution >= 0.6 is 11.6 Å². The molecule has 0 aliphatic carbocycles. The third kappa shape index (κ3) is 5.51. The molecule has 3 nitrogen and oxygen atoms in total. The number of halogens is 1. The summed E-state index contributed by atoms with van der Waals surface area (Å²) >= 11 is 5.88. The summed E-state index contributed by atoms with van der Waals surface area (Å²) in [5.41, 5.74) is 1.21. The molecule has 5 heteroatoms. The summed E-state index contributed by atoms with van der Waals surface area (Å²) in [5, 5.41) is 0.731. The van der Waals surface area contributed by atoms with E-state index >= 15 is 0 Å². The van der Waals surface area contributed by atoms with E-state index in [9.17, 15) is 8.42 Å². The predicted octanol–water partition coefficient (Wildman–Crippen LogP) is 2.81. The number of nitrogens with zero attached hydrogens (tertiary/aromatic N) is 1. The first-order valence-electron chi connectivity index (χ1n) is 6.34. The van der Waals surface area contributed by atoms with E-state index in [-0.39, 0.29) is 11.8 Å². The van der Waals surface area contributed by atoms with Gasteiger partial charge in [0.1, 0.15) is 9.84 Å². The second-order valence-corrected chi connectivity index (χ2v) is 7.89. The highest BCUT2D eigenvalue weighted by atomic mass is 35.5. The van der Waals surface area contributed by atoms with E-state index in [1.807, 2.05) is 31.3 Å². The number of rotatable bonds is 6. The van der Waals surface area contributed by atoms with Crippen LogP contribution in [0.5, 0.6) is 0 Å². The van der Waals surface area contributed by atoms with Gasteiger partial charge in [0.2, 0.25) is 0 Å². The van der Waals surface area contributed by atoms with Crippen LogP contribution in [-0.4, -0.2) is 45.0 Å². The van der Waals surface area contributed by atoms with Gasteiger partial charge in [-0.3, -0.25) is 0 Å². The largest absolute Gasteiger partial charge is 0.302 e. The Labute approximate surface area is 121 Å². The highest BCUT2D eigenvalue weighted by Gasteiger charge is 2.19. The topological polar surface area (TPSA) is 37.4 Å². The van der Waals surface area contributed by atoms with E-state index in [1.165, 1.54) is 11.8 Å². The van der Waals surface area contributed by atoms with Crippen LogP contribution < -0.4 is 0 Å². The lowest BCUT2D eigenvalue weighted by atomic mass is 9.93. The summed E-state index contributed by atoms with van der Waals surface area (Å²) < 4.78 is 22.4. The quantitative estimate of drug-likeness (QED) is 0.811. The molecule has 0 heterocycles. The number of hydrogen-bond donors (Lipinski definition) is 0. The maximum atomic E-state index is 11.2. The summed E-state index contributed by atoms with van der Waals surface area (Å²) in [6.07, 6.45) is 1.27. The highest BCUT2D eigenvalue weighted by Crippen LogP contribution is 2.23. The molecule has 19 heavy (non-hydrogen) atoms. The summed E-state index contributed by atoms with van der Waals surface area (Å²) in [7, 11) is -0.947. The molecule has 0 bridgehead atoms. The molecule has 108 valence electrons. The molecule has 0 fully saturated rings. The number of benzene rings is 1. The van der Waals surface area contributed by atoms with Gasteiger partial charge < -0.3 is 4.90 Å². The molecular formula is C14H22ClNO2S. The molecule has 0 saturated carbocycles. The van der Waals surface area contributed by atoms with Crippen LogP contribution in [0.2, 0.25) is 5.02 Å². The first kappa shape index (κ1) is 16.5. The van der Waals surface area contributed by atoms with Crippen LogP contribution in [0.3, 0.4) is 0 Å². The Kier molecular flexibility index (Phi) is 5.83. The van der Waals surface area contributed by atoms with Gasteiger partial charge >= 0.3 is 0 Å². The Morgan fingerprint density at radius 3 is 2.21 bits per heavy atom. The van der Waals surface area contributed by atoms with E-state index in [2.05, 4.69) is 18.7 Å². The maximum Gasteiger partial charge on any atom is 0.148 e. The van der Waals surface area contributed by atoms with Crippen molar-refractivity contribution in [3.8, 4) is 0 Å². The summed E-state index contributed by atoms with van der Waals surface area (Å²) in [4.78, 5) is 2.08. The van der Waals surface area contributed by atoms with Crippen molar-refractivity contribution in [2.24, 2.45) is 0 Å². The summed E-state index contributed by atoms with van der Waals surface area (Å²) in [6, 6.07) is 8.08. The molecule has 0 aromatic heterocycles. The fourth-order valence-corrected chi connectivity index (χ4v) is 2.69.